The van der Waals surface area contributed by atoms with Gasteiger partial charge >= 0.3 is 0 Å². The van der Waals surface area contributed by atoms with Gasteiger partial charge in [-0.1, -0.05) is 12.7 Å². The van der Waals surface area contributed by atoms with E-state index in [0.717, 1.165) is 5.57 Å². The summed E-state index contributed by atoms with van der Waals surface area (Å²) in [6, 6.07) is -0.0713. The van der Waals surface area contributed by atoms with E-state index in [-0.39, 0.29) is 6.04 Å². The van der Waals surface area contributed by atoms with E-state index in [9.17, 15) is 0 Å². The molecule has 0 fully saturated rings. The molecule has 86 valence electrons. The van der Waals surface area contributed by atoms with E-state index in [1.807, 2.05) is 6.92 Å². The Hall–Kier alpha value is -1.13. The van der Waals surface area contributed by atoms with Crippen molar-refractivity contribution < 1.29 is 9.47 Å². The fourth-order valence-corrected chi connectivity index (χ4v) is 0.832. The van der Waals surface area contributed by atoms with Crippen molar-refractivity contribution in [3.63, 3.8) is 0 Å². The van der Waals surface area contributed by atoms with Crippen molar-refractivity contribution in [3.05, 3.63) is 24.4 Å². The Labute approximate surface area is 91.5 Å². The van der Waals surface area contributed by atoms with Crippen molar-refractivity contribution in [2.24, 2.45) is 10.7 Å². The molecule has 0 aliphatic carbocycles. The van der Waals surface area contributed by atoms with Crippen LogP contribution < -0.4 is 5.73 Å². The van der Waals surface area contributed by atoms with Crippen molar-refractivity contribution in [2.45, 2.75) is 19.9 Å². The molecule has 2 N–H and O–H groups in total. The highest BCUT2D eigenvalue weighted by Gasteiger charge is 1.97. The molecule has 0 saturated carbocycles. The second-order valence-electron chi connectivity index (χ2n) is 3.11. The monoisotopic (exact) mass is 212 g/mol. The van der Waals surface area contributed by atoms with Gasteiger partial charge in [0.15, 0.2) is 5.90 Å². The van der Waals surface area contributed by atoms with Gasteiger partial charge in [0.1, 0.15) is 6.61 Å². The van der Waals surface area contributed by atoms with Crippen molar-refractivity contribution in [1.82, 2.24) is 0 Å². The van der Waals surface area contributed by atoms with Gasteiger partial charge < -0.3 is 15.2 Å². The molecule has 0 heterocycles. The summed E-state index contributed by atoms with van der Waals surface area (Å²) in [5.74, 6) is 0.590. The summed E-state index contributed by atoms with van der Waals surface area (Å²) >= 11 is 0. The standard InChI is InChI=1S/C11H20N2O2/c1-5-11(9(2)12)8-13-10(3)15-7-6-14-4/h5,8-9H,1,6-7,12H2,2-4H3/b11-8+,13-10?/t9-/m0/s1. The quantitative estimate of drug-likeness (QED) is 0.314. The van der Waals surface area contributed by atoms with Gasteiger partial charge in [-0.15, -0.1) is 0 Å². The lowest BCUT2D eigenvalue weighted by Crippen LogP contribution is -2.16. The van der Waals surface area contributed by atoms with E-state index in [4.69, 9.17) is 15.2 Å². The maximum Gasteiger partial charge on any atom is 0.184 e. The number of hydrogen-bond acceptors (Lipinski definition) is 4. The lowest BCUT2D eigenvalue weighted by molar-refractivity contribution is 0.140. The van der Waals surface area contributed by atoms with Gasteiger partial charge in [-0.2, -0.15) is 0 Å². The Morgan fingerprint density at radius 2 is 2.20 bits per heavy atom. The van der Waals surface area contributed by atoms with Crippen molar-refractivity contribution in [3.8, 4) is 0 Å². The number of nitrogens with two attached hydrogens (primary N) is 1. The summed E-state index contributed by atoms with van der Waals surface area (Å²) in [7, 11) is 1.63. The fourth-order valence-electron chi connectivity index (χ4n) is 0.832. The van der Waals surface area contributed by atoms with Gasteiger partial charge in [0.25, 0.3) is 0 Å². The third kappa shape index (κ3) is 6.88. The topological polar surface area (TPSA) is 56.8 Å². The smallest absolute Gasteiger partial charge is 0.184 e. The third-order valence-electron chi connectivity index (χ3n) is 1.76. The molecule has 0 aromatic carbocycles. The molecule has 0 rings (SSSR count). The first-order valence-corrected chi connectivity index (χ1v) is 4.86. The lowest BCUT2D eigenvalue weighted by atomic mass is 10.1. The second-order valence-corrected chi connectivity index (χ2v) is 3.11. The predicted octanol–water partition coefficient (Wildman–Crippen LogP) is 1.48. The van der Waals surface area contributed by atoms with Gasteiger partial charge in [0.2, 0.25) is 0 Å². The van der Waals surface area contributed by atoms with E-state index in [2.05, 4.69) is 11.6 Å². The third-order valence-corrected chi connectivity index (χ3v) is 1.76. The van der Waals surface area contributed by atoms with Gasteiger partial charge in [-0.25, -0.2) is 4.99 Å². The van der Waals surface area contributed by atoms with Crippen LogP contribution >= 0.6 is 0 Å². The first-order valence-electron chi connectivity index (χ1n) is 4.86. The molecule has 4 heteroatoms. The van der Waals surface area contributed by atoms with Crippen molar-refractivity contribution >= 4 is 5.90 Å². The summed E-state index contributed by atoms with van der Waals surface area (Å²) in [5.41, 5.74) is 6.56. The van der Waals surface area contributed by atoms with E-state index >= 15 is 0 Å². The lowest BCUT2D eigenvalue weighted by Gasteiger charge is -2.05. The average Bonchev–Trinajstić information content (AvgIpc) is 2.18. The van der Waals surface area contributed by atoms with E-state index in [1.165, 1.54) is 0 Å². The molecular weight excluding hydrogens is 192 g/mol. The molecule has 15 heavy (non-hydrogen) atoms. The van der Waals surface area contributed by atoms with Crippen LogP contribution in [-0.4, -0.2) is 32.3 Å². The minimum Gasteiger partial charge on any atom is -0.478 e. The van der Waals surface area contributed by atoms with Crippen molar-refractivity contribution in [2.75, 3.05) is 20.3 Å². The van der Waals surface area contributed by atoms with Gasteiger partial charge in [-0.05, 0) is 12.5 Å². The van der Waals surface area contributed by atoms with Crippen LogP contribution in [0.25, 0.3) is 0 Å². The number of rotatable bonds is 6. The maximum absolute atomic E-state index is 5.69. The molecule has 0 spiro atoms. The number of hydrogen-bond donors (Lipinski definition) is 1. The highest BCUT2D eigenvalue weighted by atomic mass is 16.5. The highest BCUT2D eigenvalue weighted by Crippen LogP contribution is 2.01. The molecule has 0 amide bonds. The van der Waals surface area contributed by atoms with Crippen LogP contribution in [0, 0.1) is 0 Å². The summed E-state index contributed by atoms with van der Waals surface area (Å²) in [6.45, 7) is 8.38. The zero-order valence-corrected chi connectivity index (χ0v) is 9.69. The zero-order chi connectivity index (χ0) is 11.7. The first-order chi connectivity index (χ1) is 7.11. The normalized spacial score (nSPS) is 14.9. The molecular formula is C11H20N2O2. The van der Waals surface area contributed by atoms with Gasteiger partial charge in [0, 0.05) is 26.3 Å². The number of methoxy groups -OCH3 is 1. The fraction of sp³-hybridized carbons (Fsp3) is 0.545. The largest absolute Gasteiger partial charge is 0.478 e. The molecule has 0 bridgehead atoms. The van der Waals surface area contributed by atoms with Crippen LogP contribution in [0.2, 0.25) is 0 Å². The molecule has 0 unspecified atom stereocenters. The number of ether oxygens (including phenoxy) is 2. The average molecular weight is 212 g/mol. The van der Waals surface area contributed by atoms with Crippen molar-refractivity contribution in [1.29, 1.82) is 0 Å². The van der Waals surface area contributed by atoms with Crippen LogP contribution in [0.3, 0.4) is 0 Å². The van der Waals surface area contributed by atoms with Crippen LogP contribution in [0.15, 0.2) is 29.4 Å². The molecule has 1 atom stereocenters. The minimum atomic E-state index is -0.0713. The van der Waals surface area contributed by atoms with Crippen LogP contribution in [-0.2, 0) is 9.47 Å². The molecule has 0 aromatic heterocycles. The predicted molar refractivity (Wildman–Crippen MR) is 62.9 cm³/mol. The Morgan fingerprint density at radius 1 is 1.53 bits per heavy atom. The SMILES string of the molecule is C=C/C(=C\N=C(C)OCCOC)[C@H](C)N. The van der Waals surface area contributed by atoms with Gasteiger partial charge in [-0.3, -0.25) is 0 Å². The molecule has 0 aromatic rings. The number of nitrogens with zero attached hydrogens (tertiary/aromatic N) is 1. The van der Waals surface area contributed by atoms with Gasteiger partial charge in [0.05, 0.1) is 6.61 Å². The minimum absolute atomic E-state index is 0.0713. The van der Waals surface area contributed by atoms with E-state index < -0.39 is 0 Å². The molecule has 0 saturated heterocycles. The highest BCUT2D eigenvalue weighted by molar-refractivity contribution is 5.73. The Kier molecular flexibility index (Phi) is 7.58. The summed E-state index contributed by atoms with van der Waals surface area (Å²) in [4.78, 5) is 4.11. The van der Waals surface area contributed by atoms with Crippen LogP contribution in [0.4, 0.5) is 0 Å². The first kappa shape index (κ1) is 13.9. The number of aliphatic imine (C=N–C) groups is 1. The van der Waals surface area contributed by atoms with Crippen LogP contribution in [0.5, 0.6) is 0 Å². The Morgan fingerprint density at radius 3 is 2.67 bits per heavy atom. The van der Waals surface area contributed by atoms with E-state index in [0.29, 0.717) is 19.1 Å². The molecule has 4 nitrogen and oxygen atoms in total. The maximum atomic E-state index is 5.69. The summed E-state index contributed by atoms with van der Waals surface area (Å²) in [6.07, 6.45) is 3.36. The second kappa shape index (κ2) is 8.20. The molecule has 0 aliphatic heterocycles. The summed E-state index contributed by atoms with van der Waals surface area (Å²) < 4.78 is 10.1. The Balaban J connectivity index is 4.16. The summed E-state index contributed by atoms with van der Waals surface area (Å²) in [5, 5.41) is 0. The molecule has 0 radical (unpaired) electrons. The zero-order valence-electron chi connectivity index (χ0n) is 9.69. The molecule has 0 aliphatic rings. The Bertz CT molecular complexity index is 245. The van der Waals surface area contributed by atoms with E-state index in [1.54, 1.807) is 26.3 Å². The van der Waals surface area contributed by atoms with Crippen LogP contribution in [0.1, 0.15) is 13.8 Å².